The van der Waals surface area contributed by atoms with Crippen molar-refractivity contribution in [3.05, 3.63) is 23.8 Å². The number of hydrogen-bond acceptors (Lipinski definition) is 5. The fourth-order valence-electron chi connectivity index (χ4n) is 2.67. The van der Waals surface area contributed by atoms with Crippen LogP contribution in [-0.4, -0.2) is 55.5 Å². The van der Waals surface area contributed by atoms with Crippen LogP contribution in [0.15, 0.2) is 23.2 Å². The standard InChI is InChI=1S/C18H26N4O4.HI/c1-18(2,3)26-17(23)22-9-13(10-22)21-16(19-4)20-8-12-5-6-14-15(7-12)25-11-24-14;/h5-7,13H,8-11H2,1-4H3,(H2,19,20,21);1H. The summed E-state index contributed by atoms with van der Waals surface area (Å²) in [6, 6.07) is 6.00. The molecule has 27 heavy (non-hydrogen) atoms. The molecular formula is C18H27IN4O4. The largest absolute Gasteiger partial charge is 0.454 e. The molecule has 1 fully saturated rings. The van der Waals surface area contributed by atoms with Crippen LogP contribution in [0.5, 0.6) is 11.5 Å². The van der Waals surface area contributed by atoms with Gasteiger partial charge in [-0.15, -0.1) is 24.0 Å². The lowest BCUT2D eigenvalue weighted by Gasteiger charge is -2.40. The van der Waals surface area contributed by atoms with Gasteiger partial charge in [0, 0.05) is 26.7 Å². The molecular weight excluding hydrogens is 463 g/mol. The van der Waals surface area contributed by atoms with Crippen LogP contribution in [0.4, 0.5) is 4.79 Å². The number of guanidine groups is 1. The summed E-state index contributed by atoms with van der Waals surface area (Å²) in [5.74, 6) is 2.23. The number of carbonyl (C=O) groups is 1. The Balaban J connectivity index is 0.00000261. The highest BCUT2D eigenvalue weighted by atomic mass is 127. The van der Waals surface area contributed by atoms with Crippen LogP contribution in [0.1, 0.15) is 26.3 Å². The Morgan fingerprint density at radius 3 is 2.67 bits per heavy atom. The summed E-state index contributed by atoms with van der Waals surface area (Å²) in [6.45, 7) is 7.66. The molecule has 1 aromatic rings. The lowest BCUT2D eigenvalue weighted by Crippen LogP contribution is -2.63. The van der Waals surface area contributed by atoms with Gasteiger partial charge in [0.1, 0.15) is 5.60 Å². The van der Waals surface area contributed by atoms with E-state index in [0.717, 1.165) is 17.1 Å². The summed E-state index contributed by atoms with van der Waals surface area (Å²) in [5.41, 5.74) is 0.596. The van der Waals surface area contributed by atoms with Gasteiger partial charge in [0.25, 0.3) is 0 Å². The second-order valence-electron chi connectivity index (χ2n) is 7.34. The molecule has 0 aromatic heterocycles. The van der Waals surface area contributed by atoms with Crippen LogP contribution < -0.4 is 20.1 Å². The quantitative estimate of drug-likeness (QED) is 0.385. The summed E-state index contributed by atoms with van der Waals surface area (Å²) in [4.78, 5) is 17.9. The Morgan fingerprint density at radius 2 is 2.00 bits per heavy atom. The first-order valence-corrected chi connectivity index (χ1v) is 8.68. The van der Waals surface area contributed by atoms with Gasteiger partial charge in [-0.2, -0.15) is 0 Å². The van der Waals surface area contributed by atoms with E-state index in [0.29, 0.717) is 25.6 Å². The number of aliphatic imine (C=N–C) groups is 1. The highest BCUT2D eigenvalue weighted by Gasteiger charge is 2.34. The molecule has 9 heteroatoms. The van der Waals surface area contributed by atoms with Gasteiger partial charge in [0.2, 0.25) is 6.79 Å². The second kappa shape index (κ2) is 8.85. The molecule has 2 heterocycles. The predicted octanol–water partition coefficient (Wildman–Crippen LogP) is 2.32. The number of ether oxygens (including phenoxy) is 3. The molecule has 0 aliphatic carbocycles. The van der Waals surface area contributed by atoms with Crippen molar-refractivity contribution >= 4 is 36.0 Å². The number of fused-ring (bicyclic) bond motifs is 1. The van der Waals surface area contributed by atoms with Gasteiger partial charge in [-0.25, -0.2) is 4.79 Å². The van der Waals surface area contributed by atoms with E-state index < -0.39 is 5.60 Å². The third kappa shape index (κ3) is 5.78. The van der Waals surface area contributed by atoms with Crippen LogP contribution in [0.25, 0.3) is 0 Å². The number of benzene rings is 1. The SMILES string of the molecule is CN=C(NCc1ccc2c(c1)OCO2)NC1CN(C(=O)OC(C)(C)C)C1.I. The van der Waals surface area contributed by atoms with Gasteiger partial charge in [-0.1, -0.05) is 6.07 Å². The van der Waals surface area contributed by atoms with Crippen molar-refractivity contribution in [1.82, 2.24) is 15.5 Å². The number of nitrogens with one attached hydrogen (secondary N) is 2. The number of nitrogens with zero attached hydrogens (tertiary/aromatic N) is 2. The van der Waals surface area contributed by atoms with Crippen molar-refractivity contribution in [2.45, 2.75) is 39.0 Å². The molecule has 1 amide bonds. The number of amides is 1. The summed E-state index contributed by atoms with van der Waals surface area (Å²) in [7, 11) is 1.72. The van der Waals surface area contributed by atoms with Crippen molar-refractivity contribution < 1.29 is 19.0 Å². The van der Waals surface area contributed by atoms with Gasteiger partial charge < -0.3 is 29.7 Å². The maximum absolute atomic E-state index is 12.0. The molecule has 2 aliphatic rings. The summed E-state index contributed by atoms with van der Waals surface area (Å²) in [6.07, 6.45) is -0.279. The van der Waals surface area contributed by atoms with Gasteiger partial charge in [0.05, 0.1) is 6.04 Å². The first-order chi connectivity index (χ1) is 12.3. The topological polar surface area (TPSA) is 84.4 Å². The monoisotopic (exact) mass is 490 g/mol. The molecule has 1 aromatic carbocycles. The van der Waals surface area contributed by atoms with Crippen molar-refractivity contribution in [3.8, 4) is 11.5 Å². The Morgan fingerprint density at radius 1 is 1.30 bits per heavy atom. The Bertz CT molecular complexity index is 699. The van der Waals surface area contributed by atoms with Crippen molar-refractivity contribution in [2.75, 3.05) is 26.9 Å². The third-order valence-corrected chi connectivity index (χ3v) is 3.99. The van der Waals surface area contributed by atoms with Gasteiger partial charge in [0.15, 0.2) is 17.5 Å². The average molecular weight is 490 g/mol. The lowest BCUT2D eigenvalue weighted by molar-refractivity contribution is 0.00701. The Hall–Kier alpha value is -1.91. The third-order valence-electron chi connectivity index (χ3n) is 3.99. The van der Waals surface area contributed by atoms with Gasteiger partial charge in [-0.05, 0) is 38.5 Å². The molecule has 0 unspecified atom stereocenters. The number of rotatable bonds is 3. The second-order valence-corrected chi connectivity index (χ2v) is 7.34. The molecule has 0 bridgehead atoms. The fourth-order valence-corrected chi connectivity index (χ4v) is 2.67. The summed E-state index contributed by atoms with van der Waals surface area (Å²) >= 11 is 0. The lowest BCUT2D eigenvalue weighted by atomic mass is 10.1. The molecule has 0 atom stereocenters. The highest BCUT2D eigenvalue weighted by Crippen LogP contribution is 2.32. The Kier molecular flexibility index (Phi) is 7.01. The van der Waals surface area contributed by atoms with Crippen LogP contribution in [0.3, 0.4) is 0 Å². The van der Waals surface area contributed by atoms with E-state index in [1.165, 1.54) is 0 Å². The predicted molar refractivity (Wildman–Crippen MR) is 113 cm³/mol. The van der Waals surface area contributed by atoms with E-state index in [4.69, 9.17) is 14.2 Å². The molecule has 1 saturated heterocycles. The van der Waals surface area contributed by atoms with E-state index in [1.807, 2.05) is 39.0 Å². The minimum atomic E-state index is -0.474. The number of likely N-dealkylation sites (tertiary alicyclic amines) is 1. The molecule has 150 valence electrons. The molecule has 3 rings (SSSR count). The van der Waals surface area contributed by atoms with E-state index >= 15 is 0 Å². The smallest absolute Gasteiger partial charge is 0.410 e. The maximum atomic E-state index is 12.0. The van der Waals surface area contributed by atoms with Gasteiger partial charge in [-0.3, -0.25) is 4.99 Å². The molecule has 2 N–H and O–H groups in total. The maximum Gasteiger partial charge on any atom is 0.410 e. The van der Waals surface area contributed by atoms with Crippen molar-refractivity contribution in [1.29, 1.82) is 0 Å². The highest BCUT2D eigenvalue weighted by molar-refractivity contribution is 14.0. The zero-order valence-electron chi connectivity index (χ0n) is 16.1. The van der Waals surface area contributed by atoms with Crippen LogP contribution in [0.2, 0.25) is 0 Å². The number of carbonyl (C=O) groups excluding carboxylic acids is 1. The minimum Gasteiger partial charge on any atom is -0.454 e. The zero-order chi connectivity index (χ0) is 18.7. The van der Waals surface area contributed by atoms with E-state index in [-0.39, 0.29) is 42.9 Å². The fraction of sp³-hybridized carbons (Fsp3) is 0.556. The van der Waals surface area contributed by atoms with E-state index in [2.05, 4.69) is 15.6 Å². The van der Waals surface area contributed by atoms with Crippen molar-refractivity contribution in [3.63, 3.8) is 0 Å². The normalized spacial score (nSPS) is 16.3. The molecule has 0 radical (unpaired) electrons. The summed E-state index contributed by atoms with van der Waals surface area (Å²) < 4.78 is 16.1. The molecule has 8 nitrogen and oxygen atoms in total. The first-order valence-electron chi connectivity index (χ1n) is 8.68. The average Bonchev–Trinajstić information content (AvgIpc) is 2.99. The Labute approximate surface area is 176 Å². The van der Waals surface area contributed by atoms with E-state index in [9.17, 15) is 4.79 Å². The minimum absolute atomic E-state index is 0. The van der Waals surface area contributed by atoms with Crippen molar-refractivity contribution in [2.24, 2.45) is 4.99 Å². The van der Waals surface area contributed by atoms with Crippen LogP contribution in [0, 0.1) is 0 Å². The van der Waals surface area contributed by atoms with Gasteiger partial charge >= 0.3 is 6.09 Å². The summed E-state index contributed by atoms with van der Waals surface area (Å²) in [5, 5.41) is 6.57. The van der Waals surface area contributed by atoms with Crippen LogP contribution >= 0.6 is 24.0 Å². The molecule has 0 spiro atoms. The number of hydrogen-bond donors (Lipinski definition) is 2. The van der Waals surface area contributed by atoms with E-state index in [1.54, 1.807) is 11.9 Å². The molecule has 2 aliphatic heterocycles. The molecule has 0 saturated carbocycles. The zero-order valence-corrected chi connectivity index (χ0v) is 18.4. The van der Waals surface area contributed by atoms with Crippen LogP contribution in [-0.2, 0) is 11.3 Å². The number of halogens is 1. The first kappa shape index (κ1) is 21.4.